The fourth-order valence-electron chi connectivity index (χ4n) is 3.23. The number of hydrogen-bond acceptors (Lipinski definition) is 2. The second-order valence-corrected chi connectivity index (χ2v) is 6.71. The maximum absolute atomic E-state index is 13.6. The van der Waals surface area contributed by atoms with Gasteiger partial charge in [0.25, 0.3) is 0 Å². The van der Waals surface area contributed by atoms with Crippen molar-refractivity contribution in [2.45, 2.75) is 52.0 Å². The monoisotopic (exact) mass is 362 g/mol. The van der Waals surface area contributed by atoms with Crippen LogP contribution in [0.3, 0.4) is 0 Å². The molecule has 1 atom stereocenters. The first-order valence-corrected chi connectivity index (χ1v) is 9.67. The fourth-order valence-corrected chi connectivity index (χ4v) is 3.23. The van der Waals surface area contributed by atoms with E-state index < -0.39 is 0 Å². The Bertz CT molecular complexity index is 605. The number of likely N-dealkylation sites (tertiary alicyclic amines) is 1. The number of hydrogen-bond donors (Lipinski definition) is 2. The van der Waals surface area contributed by atoms with Crippen molar-refractivity contribution in [3.8, 4) is 0 Å². The minimum absolute atomic E-state index is 0.183. The lowest BCUT2D eigenvalue weighted by Gasteiger charge is -2.33. The van der Waals surface area contributed by atoms with Crippen molar-refractivity contribution in [1.29, 1.82) is 0 Å². The molecule has 0 bridgehead atoms. The van der Waals surface area contributed by atoms with Gasteiger partial charge >= 0.3 is 0 Å². The lowest BCUT2D eigenvalue weighted by Crippen LogP contribution is -2.42. The van der Waals surface area contributed by atoms with Gasteiger partial charge in [-0.15, -0.1) is 0 Å². The Morgan fingerprint density at radius 1 is 1.31 bits per heavy atom. The van der Waals surface area contributed by atoms with Crippen LogP contribution in [-0.4, -0.2) is 49.0 Å². The number of carbonyl (C=O) groups is 1. The number of amides is 1. The zero-order valence-corrected chi connectivity index (χ0v) is 15.9. The normalized spacial score (nSPS) is 17.9. The Labute approximate surface area is 156 Å². The molecule has 144 valence electrons. The van der Waals surface area contributed by atoms with Crippen LogP contribution in [0.2, 0.25) is 0 Å². The van der Waals surface area contributed by atoms with Gasteiger partial charge in [0.15, 0.2) is 5.96 Å². The molecular weight excluding hydrogens is 331 g/mol. The van der Waals surface area contributed by atoms with Crippen LogP contribution in [0, 0.1) is 5.82 Å². The van der Waals surface area contributed by atoms with E-state index in [-0.39, 0.29) is 11.7 Å². The molecule has 0 aliphatic carbocycles. The average molecular weight is 362 g/mol. The molecule has 1 unspecified atom stereocenters. The summed E-state index contributed by atoms with van der Waals surface area (Å²) in [5.74, 6) is 0.670. The van der Waals surface area contributed by atoms with E-state index in [0.717, 1.165) is 25.9 Å². The van der Waals surface area contributed by atoms with Crippen LogP contribution in [0.4, 0.5) is 4.39 Å². The first kappa shape index (κ1) is 20.2. The van der Waals surface area contributed by atoms with E-state index in [9.17, 15) is 9.18 Å². The maximum Gasteiger partial charge on any atom is 0.224 e. The van der Waals surface area contributed by atoms with E-state index in [1.54, 1.807) is 12.1 Å². The van der Waals surface area contributed by atoms with Crippen LogP contribution >= 0.6 is 0 Å². The molecule has 0 spiro atoms. The van der Waals surface area contributed by atoms with Crippen molar-refractivity contribution >= 4 is 11.9 Å². The molecule has 1 amide bonds. The summed E-state index contributed by atoms with van der Waals surface area (Å²) in [7, 11) is 0. The van der Waals surface area contributed by atoms with E-state index >= 15 is 0 Å². The minimum Gasteiger partial charge on any atom is -0.357 e. The van der Waals surface area contributed by atoms with Gasteiger partial charge < -0.3 is 15.5 Å². The molecule has 0 saturated carbocycles. The smallest absolute Gasteiger partial charge is 0.224 e. The molecule has 1 fully saturated rings. The average Bonchev–Trinajstić information content (AvgIpc) is 2.63. The van der Waals surface area contributed by atoms with Crippen molar-refractivity contribution in [3.63, 3.8) is 0 Å². The summed E-state index contributed by atoms with van der Waals surface area (Å²) in [6.45, 7) is 6.76. The van der Waals surface area contributed by atoms with Gasteiger partial charge in [-0.25, -0.2) is 4.39 Å². The molecule has 1 aliphatic rings. The number of nitrogens with zero attached hydrogens (tertiary/aromatic N) is 2. The molecule has 1 aromatic carbocycles. The molecule has 0 aromatic heterocycles. The highest BCUT2D eigenvalue weighted by Gasteiger charge is 2.22. The Kier molecular flexibility index (Phi) is 8.38. The Morgan fingerprint density at radius 2 is 2.12 bits per heavy atom. The molecule has 1 saturated heterocycles. The van der Waals surface area contributed by atoms with Crippen LogP contribution in [0.25, 0.3) is 0 Å². The van der Waals surface area contributed by atoms with Gasteiger partial charge in [0.2, 0.25) is 5.91 Å². The quantitative estimate of drug-likeness (QED) is 0.579. The molecule has 6 heteroatoms. The number of benzene rings is 1. The maximum atomic E-state index is 13.6. The first-order valence-electron chi connectivity index (χ1n) is 9.67. The number of aliphatic imine (C=N–C) groups is 1. The fraction of sp³-hybridized carbons (Fsp3) is 0.600. The van der Waals surface area contributed by atoms with Crippen LogP contribution < -0.4 is 10.6 Å². The van der Waals surface area contributed by atoms with Crippen molar-refractivity contribution in [2.24, 2.45) is 4.99 Å². The predicted molar refractivity (Wildman–Crippen MR) is 104 cm³/mol. The second-order valence-electron chi connectivity index (χ2n) is 6.71. The van der Waals surface area contributed by atoms with Crippen LogP contribution in [0.15, 0.2) is 29.3 Å². The van der Waals surface area contributed by atoms with E-state index in [1.807, 2.05) is 17.9 Å². The number of carbonyl (C=O) groups excluding carboxylic acids is 1. The summed E-state index contributed by atoms with van der Waals surface area (Å²) in [6.07, 6.45) is 4.41. The number of rotatable bonds is 7. The molecule has 1 heterocycles. The van der Waals surface area contributed by atoms with Gasteiger partial charge in [-0.3, -0.25) is 9.79 Å². The van der Waals surface area contributed by atoms with Crippen molar-refractivity contribution in [3.05, 3.63) is 35.6 Å². The van der Waals surface area contributed by atoms with Crippen LogP contribution in [0.1, 0.15) is 45.1 Å². The summed E-state index contributed by atoms with van der Waals surface area (Å²) in [4.78, 5) is 18.8. The van der Waals surface area contributed by atoms with E-state index in [1.165, 1.54) is 12.5 Å². The second kappa shape index (κ2) is 10.8. The van der Waals surface area contributed by atoms with Gasteiger partial charge in [0.05, 0.1) is 6.54 Å². The van der Waals surface area contributed by atoms with Crippen molar-refractivity contribution in [1.82, 2.24) is 15.5 Å². The third-order valence-electron chi connectivity index (χ3n) is 4.71. The zero-order valence-electron chi connectivity index (χ0n) is 15.9. The summed E-state index contributed by atoms with van der Waals surface area (Å²) < 4.78 is 13.6. The lowest BCUT2D eigenvalue weighted by molar-refractivity contribution is -0.134. The van der Waals surface area contributed by atoms with Gasteiger partial charge in [-0.1, -0.05) is 18.2 Å². The third kappa shape index (κ3) is 6.32. The summed E-state index contributed by atoms with van der Waals surface area (Å²) in [5.41, 5.74) is 0.685. The minimum atomic E-state index is -0.183. The van der Waals surface area contributed by atoms with E-state index in [0.29, 0.717) is 43.5 Å². The standard InChI is InChI=1S/C20H31FN4O/c1-3-22-20(23-13-11-17-9-4-5-10-18(17)21)24-14-12-19(26)25-15-7-6-8-16(25)2/h4-5,9-10,16H,3,6-8,11-15H2,1-2H3,(H2,22,23,24). The van der Waals surface area contributed by atoms with Crippen LogP contribution in [-0.2, 0) is 11.2 Å². The Morgan fingerprint density at radius 3 is 2.85 bits per heavy atom. The highest BCUT2D eigenvalue weighted by atomic mass is 19.1. The number of nitrogens with one attached hydrogen (secondary N) is 2. The molecule has 2 rings (SSSR count). The number of halogens is 1. The van der Waals surface area contributed by atoms with Gasteiger partial charge in [0.1, 0.15) is 5.82 Å². The zero-order chi connectivity index (χ0) is 18.8. The molecule has 0 radical (unpaired) electrons. The summed E-state index contributed by atoms with van der Waals surface area (Å²) in [5, 5.41) is 6.37. The van der Waals surface area contributed by atoms with E-state index in [4.69, 9.17) is 0 Å². The summed E-state index contributed by atoms with van der Waals surface area (Å²) in [6, 6.07) is 7.14. The number of piperidine rings is 1. The molecule has 1 aromatic rings. The molecule has 2 N–H and O–H groups in total. The molecule has 1 aliphatic heterocycles. The Balaban J connectivity index is 1.78. The van der Waals surface area contributed by atoms with Gasteiger partial charge in [-0.05, 0) is 51.2 Å². The molecular formula is C20H31FN4O. The lowest BCUT2D eigenvalue weighted by atomic mass is 10.0. The van der Waals surface area contributed by atoms with E-state index in [2.05, 4.69) is 22.5 Å². The van der Waals surface area contributed by atoms with Gasteiger partial charge in [0, 0.05) is 32.1 Å². The topological polar surface area (TPSA) is 56.7 Å². The SMILES string of the molecule is CCNC(=NCCC(=O)N1CCCCC1C)NCCc1ccccc1F. The Hall–Kier alpha value is -2.11. The highest BCUT2D eigenvalue weighted by Crippen LogP contribution is 2.17. The largest absolute Gasteiger partial charge is 0.357 e. The van der Waals surface area contributed by atoms with Crippen molar-refractivity contribution in [2.75, 3.05) is 26.2 Å². The predicted octanol–water partition coefficient (Wildman–Crippen LogP) is 2.71. The molecule has 26 heavy (non-hydrogen) atoms. The van der Waals surface area contributed by atoms with Crippen molar-refractivity contribution < 1.29 is 9.18 Å². The summed E-state index contributed by atoms with van der Waals surface area (Å²) >= 11 is 0. The molecule has 5 nitrogen and oxygen atoms in total. The highest BCUT2D eigenvalue weighted by molar-refractivity contribution is 5.81. The van der Waals surface area contributed by atoms with Crippen LogP contribution in [0.5, 0.6) is 0 Å². The third-order valence-corrected chi connectivity index (χ3v) is 4.71. The van der Waals surface area contributed by atoms with Gasteiger partial charge in [-0.2, -0.15) is 0 Å². The number of guanidine groups is 1. The first-order chi connectivity index (χ1) is 12.6.